The molecule has 1 saturated carbocycles. The zero-order valence-corrected chi connectivity index (χ0v) is 18.6. The van der Waals surface area contributed by atoms with Gasteiger partial charge in [-0.3, -0.25) is 4.98 Å². The predicted molar refractivity (Wildman–Crippen MR) is 122 cm³/mol. The number of carboxylic acids is 1. The molecule has 0 radical (unpaired) electrons. The number of carboxylic acid groups (broad SMARTS) is 1. The molecule has 0 aromatic carbocycles. The number of nitrogens with zero attached hydrogens (tertiary/aromatic N) is 4. The Labute approximate surface area is 190 Å². The van der Waals surface area contributed by atoms with E-state index in [4.69, 9.17) is 14.6 Å². The molecule has 1 fully saturated rings. The highest BCUT2D eigenvalue weighted by Gasteiger charge is 2.33. The van der Waals surface area contributed by atoms with Crippen LogP contribution in [0.1, 0.15) is 54.0 Å². The average Bonchev–Trinajstić information content (AvgIpc) is 3.33. The lowest BCUT2D eigenvalue weighted by Crippen LogP contribution is -2.31. The minimum Gasteiger partial charge on any atom is -0.477 e. The van der Waals surface area contributed by atoms with Crippen molar-refractivity contribution in [1.29, 1.82) is 0 Å². The number of aromatic nitrogens is 4. The minimum atomic E-state index is -1.26. The van der Waals surface area contributed by atoms with Gasteiger partial charge in [-0.15, -0.1) is 0 Å². The Bertz CT molecular complexity index is 1310. The second kappa shape index (κ2) is 8.10. The first-order valence-electron chi connectivity index (χ1n) is 11.2. The number of hydrogen-bond donors (Lipinski definition) is 1. The van der Waals surface area contributed by atoms with Gasteiger partial charge in [-0.2, -0.15) is 0 Å². The van der Waals surface area contributed by atoms with E-state index in [2.05, 4.69) is 10.1 Å². The number of hydrogen-bond acceptors (Lipinski definition) is 5. The van der Waals surface area contributed by atoms with E-state index in [9.17, 15) is 4.79 Å². The van der Waals surface area contributed by atoms with Crippen molar-refractivity contribution in [3.8, 4) is 22.3 Å². The number of pyridine rings is 2. The van der Waals surface area contributed by atoms with Gasteiger partial charge in [0, 0.05) is 40.8 Å². The zero-order valence-electron chi connectivity index (χ0n) is 18.6. The normalized spacial score (nSPS) is 15.7. The summed E-state index contributed by atoms with van der Waals surface area (Å²) in [5.41, 5.74) is 4.29. The van der Waals surface area contributed by atoms with Crippen molar-refractivity contribution in [2.75, 3.05) is 0 Å². The molecule has 33 heavy (non-hydrogen) atoms. The van der Waals surface area contributed by atoms with Gasteiger partial charge >= 0.3 is 5.97 Å². The lowest BCUT2D eigenvalue weighted by atomic mass is 9.86. The van der Waals surface area contributed by atoms with Gasteiger partial charge in [-0.05, 0) is 38.8 Å². The Morgan fingerprint density at radius 3 is 2.55 bits per heavy atom. The van der Waals surface area contributed by atoms with Crippen molar-refractivity contribution in [2.24, 2.45) is 0 Å². The summed E-state index contributed by atoms with van der Waals surface area (Å²) in [5, 5.41) is 13.2. The van der Waals surface area contributed by atoms with Crippen molar-refractivity contribution in [1.82, 2.24) is 19.7 Å². The van der Waals surface area contributed by atoms with Gasteiger partial charge in [0.05, 0.1) is 23.3 Å². The number of halogens is 1. The maximum Gasteiger partial charge on any atom is 0.354 e. The molecule has 1 N–H and O–H groups in total. The third kappa shape index (κ3) is 3.90. The number of aryl methyl sites for hydroxylation is 2. The van der Waals surface area contributed by atoms with Crippen molar-refractivity contribution in [3.63, 3.8) is 0 Å². The summed E-state index contributed by atoms with van der Waals surface area (Å²) in [6.45, 7) is 3.99. The van der Waals surface area contributed by atoms with Crippen LogP contribution < -0.4 is 0 Å². The number of carbonyl (C=O) groups is 1. The molecule has 0 unspecified atom stereocenters. The highest BCUT2D eigenvalue weighted by Crippen LogP contribution is 2.38. The fourth-order valence-electron chi connectivity index (χ4n) is 4.87. The molecular formula is C25H25FN4O3. The summed E-state index contributed by atoms with van der Waals surface area (Å²) in [5.74, 6) is -0.377. The monoisotopic (exact) mass is 448 g/mol. The third-order valence-corrected chi connectivity index (χ3v) is 6.54. The fraction of sp³-hybridized carbons (Fsp3) is 0.360. The van der Waals surface area contributed by atoms with E-state index in [1.54, 1.807) is 12.3 Å². The first-order chi connectivity index (χ1) is 15.8. The zero-order chi connectivity index (χ0) is 23.2. The number of rotatable bonds is 5. The minimum absolute atomic E-state index is 0.0268. The number of aromatic carboxylic acids is 1. The number of fused-ring (bicyclic) bond motifs is 1. The Morgan fingerprint density at radius 1 is 1.15 bits per heavy atom. The van der Waals surface area contributed by atoms with Crippen LogP contribution in [0.2, 0.25) is 0 Å². The lowest BCUT2D eigenvalue weighted by molar-refractivity contribution is 0.0690. The molecular weight excluding hydrogens is 423 g/mol. The summed E-state index contributed by atoms with van der Waals surface area (Å²) in [7, 11) is 0. The highest BCUT2D eigenvalue weighted by molar-refractivity contribution is 5.95. The van der Waals surface area contributed by atoms with Crippen LogP contribution in [0, 0.1) is 13.8 Å². The molecule has 5 rings (SSSR count). The van der Waals surface area contributed by atoms with Crippen LogP contribution in [0.15, 0.2) is 41.3 Å². The molecule has 0 aliphatic heterocycles. The van der Waals surface area contributed by atoms with Gasteiger partial charge in [0.15, 0.2) is 0 Å². The van der Waals surface area contributed by atoms with Crippen LogP contribution in [-0.4, -0.2) is 36.4 Å². The molecule has 4 aromatic rings. The Kier molecular flexibility index (Phi) is 5.23. The Hall–Kier alpha value is -3.55. The molecule has 8 heteroatoms. The van der Waals surface area contributed by atoms with Gasteiger partial charge in [0.2, 0.25) is 0 Å². The van der Waals surface area contributed by atoms with E-state index in [1.165, 1.54) is 12.3 Å². The Balaban J connectivity index is 1.65. The maximum absolute atomic E-state index is 15.7. The van der Waals surface area contributed by atoms with Crippen LogP contribution >= 0.6 is 0 Å². The molecule has 7 nitrogen and oxygen atoms in total. The van der Waals surface area contributed by atoms with Crippen LogP contribution in [0.25, 0.3) is 33.3 Å². The van der Waals surface area contributed by atoms with E-state index >= 15 is 4.39 Å². The SMILES string of the molecule is Cc1noc(C)c1-c1cnc2c(-c3ccc(C(=O)O)nc3)cn(CC3(F)CCCCC3)c2c1. The van der Waals surface area contributed by atoms with E-state index in [-0.39, 0.29) is 12.2 Å². The predicted octanol–water partition coefficient (Wildman–Crippen LogP) is 5.74. The molecule has 0 spiro atoms. The van der Waals surface area contributed by atoms with Crippen LogP contribution in [0.3, 0.4) is 0 Å². The lowest BCUT2D eigenvalue weighted by Gasteiger charge is -2.30. The average molecular weight is 448 g/mol. The summed E-state index contributed by atoms with van der Waals surface area (Å²) >= 11 is 0. The quantitative estimate of drug-likeness (QED) is 0.418. The maximum atomic E-state index is 15.7. The van der Waals surface area contributed by atoms with Crippen molar-refractivity contribution in [2.45, 2.75) is 58.2 Å². The Morgan fingerprint density at radius 2 is 1.91 bits per heavy atom. The summed E-state index contributed by atoms with van der Waals surface area (Å²) in [6, 6.07) is 5.19. The largest absolute Gasteiger partial charge is 0.477 e. The first kappa shape index (κ1) is 21.3. The molecule has 0 amide bonds. The van der Waals surface area contributed by atoms with Crippen molar-refractivity contribution >= 4 is 17.0 Å². The molecule has 0 bridgehead atoms. The van der Waals surface area contributed by atoms with Gasteiger partial charge in [0.1, 0.15) is 17.1 Å². The smallest absolute Gasteiger partial charge is 0.354 e. The fourth-order valence-corrected chi connectivity index (χ4v) is 4.87. The number of alkyl halides is 1. The molecule has 4 aromatic heterocycles. The highest BCUT2D eigenvalue weighted by atomic mass is 19.1. The van der Waals surface area contributed by atoms with Gasteiger partial charge < -0.3 is 14.2 Å². The van der Waals surface area contributed by atoms with Crippen molar-refractivity contribution < 1.29 is 18.8 Å². The first-order valence-corrected chi connectivity index (χ1v) is 11.2. The topological polar surface area (TPSA) is 94.0 Å². The molecule has 0 saturated heterocycles. The molecule has 1 aliphatic rings. The second-order valence-corrected chi connectivity index (χ2v) is 8.91. The standard InChI is InChI=1S/C25H25FN4O3/c1-15-22(16(2)33-29-15)18-10-21-23(28-12-18)19(17-6-7-20(24(31)32)27-11-17)13-30(21)14-25(26)8-4-3-5-9-25/h6-7,10-13H,3-5,8-9,14H2,1-2H3,(H,31,32). The summed E-state index contributed by atoms with van der Waals surface area (Å²) < 4.78 is 23.0. The van der Waals surface area contributed by atoms with Gasteiger partial charge in [-0.25, -0.2) is 14.2 Å². The van der Waals surface area contributed by atoms with Gasteiger partial charge in [0.25, 0.3) is 0 Å². The van der Waals surface area contributed by atoms with Crippen LogP contribution in [0.5, 0.6) is 0 Å². The third-order valence-electron chi connectivity index (χ3n) is 6.54. The molecule has 0 atom stereocenters. The summed E-state index contributed by atoms with van der Waals surface area (Å²) in [6.07, 6.45) is 9.16. The molecule has 170 valence electrons. The van der Waals surface area contributed by atoms with Crippen molar-refractivity contribution in [3.05, 3.63) is 53.9 Å². The van der Waals surface area contributed by atoms with E-state index < -0.39 is 11.6 Å². The molecule has 4 heterocycles. The van der Waals surface area contributed by atoms with E-state index in [0.717, 1.165) is 58.2 Å². The van der Waals surface area contributed by atoms with E-state index in [0.29, 0.717) is 18.6 Å². The second-order valence-electron chi connectivity index (χ2n) is 8.91. The van der Waals surface area contributed by atoms with Crippen LogP contribution in [-0.2, 0) is 6.54 Å². The summed E-state index contributed by atoms with van der Waals surface area (Å²) in [4.78, 5) is 20.0. The van der Waals surface area contributed by atoms with E-state index in [1.807, 2.05) is 30.7 Å². The van der Waals surface area contributed by atoms with Gasteiger partial charge in [-0.1, -0.05) is 30.5 Å². The van der Waals surface area contributed by atoms with Crippen LogP contribution in [0.4, 0.5) is 4.39 Å². The molecule has 1 aliphatic carbocycles.